The number of fused-ring (bicyclic) bond motifs is 10. The summed E-state index contributed by atoms with van der Waals surface area (Å²) in [6.07, 6.45) is 0. The summed E-state index contributed by atoms with van der Waals surface area (Å²) in [5.74, 6) is 0. The van der Waals surface area contributed by atoms with Gasteiger partial charge in [0, 0.05) is 26.2 Å². The minimum atomic E-state index is -0.258. The van der Waals surface area contributed by atoms with Gasteiger partial charge >= 0.3 is 21.1 Å². The second-order valence-corrected chi connectivity index (χ2v) is 11.0. The summed E-state index contributed by atoms with van der Waals surface area (Å²) in [7, 11) is 0. The van der Waals surface area contributed by atoms with Crippen molar-refractivity contribution < 1.29 is 21.1 Å². The van der Waals surface area contributed by atoms with Crippen LogP contribution in [-0.4, -0.2) is 9.97 Å². The zero-order valence-electron chi connectivity index (χ0n) is 18.5. The van der Waals surface area contributed by atoms with Crippen LogP contribution in [0.5, 0.6) is 0 Å². The predicted octanol–water partition coefficient (Wildman–Crippen LogP) is 7.11. The molecule has 0 spiro atoms. The Balaban J connectivity index is 0.00000231. The maximum atomic E-state index is 5.03. The van der Waals surface area contributed by atoms with Crippen molar-refractivity contribution in [3.8, 4) is 21.1 Å². The molecule has 0 fully saturated rings. The Morgan fingerprint density at radius 3 is 1.52 bits per heavy atom. The van der Waals surface area contributed by atoms with Gasteiger partial charge in [-0.2, -0.15) is 22.7 Å². The Hall–Kier alpha value is -1.61. The maximum absolute atomic E-state index is 5.03. The van der Waals surface area contributed by atoms with Crippen LogP contribution in [0.4, 0.5) is 0 Å². The van der Waals surface area contributed by atoms with Crippen LogP contribution in [-0.2, 0) is 31.9 Å². The first-order valence-electron chi connectivity index (χ1n) is 10.2. The van der Waals surface area contributed by atoms with Crippen molar-refractivity contribution in [1.82, 2.24) is 9.97 Å². The monoisotopic (exact) mass is 623 g/mol. The quantitative estimate of drug-likeness (QED) is 0.195. The minimum absolute atomic E-state index is 0. The zero-order valence-corrected chi connectivity index (χ0v) is 22.4. The van der Waals surface area contributed by atoms with Gasteiger partial charge in [-0.3, -0.25) is 9.97 Å². The number of aryl methyl sites for hydroxylation is 2. The standard InChI is InChI=1S/C26H24N2S2.Pt/c1-15-7-17-11-19(9-15)25(3,4)20-10-16(2)8-18(12-20)24-28-22(14-30-24)26(5,6)21-13-29-23(17)27-21;/h7-10,13-14H,1-6H3;/q-2;+2. The summed E-state index contributed by atoms with van der Waals surface area (Å²) in [4.78, 5) is 10.1. The first-order chi connectivity index (χ1) is 14.1. The first-order valence-corrected chi connectivity index (χ1v) is 11.9. The van der Waals surface area contributed by atoms with Crippen LogP contribution in [0.2, 0.25) is 0 Å². The fourth-order valence-corrected chi connectivity index (χ4v) is 5.89. The molecule has 2 aromatic carbocycles. The van der Waals surface area contributed by atoms with Crippen molar-refractivity contribution in [2.75, 3.05) is 0 Å². The van der Waals surface area contributed by atoms with Gasteiger partial charge in [0.15, 0.2) is 0 Å². The molecule has 0 amide bonds. The number of thiazole rings is 2. The van der Waals surface area contributed by atoms with Crippen molar-refractivity contribution >= 4 is 22.7 Å². The molecule has 0 radical (unpaired) electrons. The fraction of sp³-hybridized carbons (Fsp3) is 0.308. The van der Waals surface area contributed by atoms with Gasteiger partial charge in [0.25, 0.3) is 0 Å². The summed E-state index contributed by atoms with van der Waals surface area (Å²) >= 11 is 3.38. The largest absolute Gasteiger partial charge is 2.00 e. The molecule has 160 valence electrons. The zero-order chi connectivity index (χ0) is 21.3. The van der Waals surface area contributed by atoms with E-state index in [-0.39, 0.29) is 31.9 Å². The number of hydrogen-bond donors (Lipinski definition) is 0. The molecule has 1 aliphatic heterocycles. The van der Waals surface area contributed by atoms with Crippen molar-refractivity contribution in [1.29, 1.82) is 0 Å². The number of rotatable bonds is 0. The molecule has 1 aliphatic rings. The van der Waals surface area contributed by atoms with E-state index in [2.05, 4.69) is 88.7 Å². The molecular weight excluding hydrogens is 600 g/mol. The van der Waals surface area contributed by atoms with Gasteiger partial charge in [0.1, 0.15) is 0 Å². The third-order valence-corrected chi connectivity index (χ3v) is 7.87. The minimum Gasteiger partial charge on any atom is -0.289 e. The predicted molar refractivity (Wildman–Crippen MR) is 127 cm³/mol. The van der Waals surface area contributed by atoms with Gasteiger partial charge in [-0.05, 0) is 19.3 Å². The second-order valence-electron chi connectivity index (χ2n) is 9.30. The van der Waals surface area contributed by atoms with Crippen molar-refractivity contribution in [2.24, 2.45) is 0 Å². The maximum Gasteiger partial charge on any atom is 2.00 e. The summed E-state index contributed by atoms with van der Waals surface area (Å²) in [5.41, 5.74) is 8.54. The Morgan fingerprint density at radius 1 is 0.677 bits per heavy atom. The van der Waals surface area contributed by atoms with Gasteiger partial charge in [-0.1, -0.05) is 27.7 Å². The third kappa shape index (κ3) is 3.77. The van der Waals surface area contributed by atoms with Crippen LogP contribution in [0.3, 0.4) is 0 Å². The molecule has 0 saturated carbocycles. The molecule has 2 nitrogen and oxygen atoms in total. The van der Waals surface area contributed by atoms with E-state index in [1.807, 2.05) is 0 Å². The van der Waals surface area contributed by atoms with E-state index in [4.69, 9.17) is 9.97 Å². The summed E-state index contributed by atoms with van der Waals surface area (Å²) < 4.78 is 0. The fourth-order valence-electron chi connectivity index (χ4n) is 3.98. The molecule has 0 unspecified atom stereocenters. The molecule has 31 heavy (non-hydrogen) atoms. The number of benzene rings is 2. The Labute approximate surface area is 207 Å². The average molecular weight is 624 g/mol. The van der Waals surface area contributed by atoms with Crippen LogP contribution in [0.25, 0.3) is 21.1 Å². The molecule has 8 bridgehead atoms. The van der Waals surface area contributed by atoms with Crippen LogP contribution < -0.4 is 0 Å². The molecule has 5 rings (SSSR count). The van der Waals surface area contributed by atoms with Gasteiger partial charge in [-0.25, -0.2) is 0 Å². The topological polar surface area (TPSA) is 25.8 Å². The van der Waals surface area contributed by atoms with Crippen molar-refractivity contribution in [3.05, 3.63) is 80.8 Å². The van der Waals surface area contributed by atoms with Crippen LogP contribution in [0, 0.1) is 26.0 Å². The molecule has 2 aromatic heterocycles. The molecule has 0 N–H and O–H groups in total. The Kier molecular flexibility index (Phi) is 5.65. The van der Waals surface area contributed by atoms with Gasteiger partial charge < -0.3 is 0 Å². The molecule has 0 saturated heterocycles. The molecule has 4 aromatic rings. The number of aromatic nitrogens is 2. The van der Waals surface area contributed by atoms with E-state index in [1.165, 1.54) is 11.1 Å². The van der Waals surface area contributed by atoms with E-state index < -0.39 is 0 Å². The molecule has 3 heterocycles. The molecule has 0 atom stereocenters. The SMILES string of the molecule is Cc1cc2[c-]c(c1)C(C)(C)c1[c-]c(cc(C)c1)-c1nc(cs1)C(C)(C)c1csc-2n1.[Pt+2]. The van der Waals surface area contributed by atoms with E-state index in [1.54, 1.807) is 22.7 Å². The van der Waals surface area contributed by atoms with Gasteiger partial charge in [0.2, 0.25) is 0 Å². The van der Waals surface area contributed by atoms with E-state index in [0.717, 1.165) is 43.7 Å². The number of hydrogen-bond acceptors (Lipinski definition) is 4. The van der Waals surface area contributed by atoms with E-state index >= 15 is 0 Å². The van der Waals surface area contributed by atoms with Crippen molar-refractivity contribution in [2.45, 2.75) is 52.4 Å². The second kappa shape index (κ2) is 7.76. The molecule has 0 aliphatic carbocycles. The number of nitrogens with zero attached hydrogens (tertiary/aromatic N) is 2. The normalized spacial score (nSPS) is 15.7. The van der Waals surface area contributed by atoms with Crippen LogP contribution in [0.15, 0.2) is 35.0 Å². The molecular formula is C26H24N2PtS2. The first kappa shape index (κ1) is 22.6. The van der Waals surface area contributed by atoms with Gasteiger partial charge in [-0.15, -0.1) is 69.8 Å². The summed E-state index contributed by atoms with van der Waals surface area (Å²) in [6, 6.07) is 16.3. The van der Waals surface area contributed by atoms with Crippen molar-refractivity contribution in [3.63, 3.8) is 0 Å². The van der Waals surface area contributed by atoms with Crippen LogP contribution in [0.1, 0.15) is 61.3 Å². The average Bonchev–Trinajstić information content (AvgIpc) is 3.37. The van der Waals surface area contributed by atoms with E-state index in [9.17, 15) is 0 Å². The third-order valence-electron chi connectivity index (χ3n) is 6.12. The summed E-state index contributed by atoms with van der Waals surface area (Å²) in [5, 5.41) is 6.37. The summed E-state index contributed by atoms with van der Waals surface area (Å²) in [6.45, 7) is 13.2. The Bertz CT molecular complexity index is 1180. The van der Waals surface area contributed by atoms with Crippen LogP contribution >= 0.6 is 22.7 Å². The Morgan fingerprint density at radius 2 is 1.10 bits per heavy atom. The molecule has 5 heteroatoms. The van der Waals surface area contributed by atoms with E-state index in [0.29, 0.717) is 0 Å². The van der Waals surface area contributed by atoms with Gasteiger partial charge in [0.05, 0.1) is 11.4 Å². The smallest absolute Gasteiger partial charge is 0.289 e.